The van der Waals surface area contributed by atoms with Crippen molar-refractivity contribution in [3.05, 3.63) is 58.1 Å². The summed E-state index contributed by atoms with van der Waals surface area (Å²) in [6.45, 7) is 3.13. The minimum atomic E-state index is -0.986. The lowest BCUT2D eigenvalue weighted by Gasteiger charge is -2.24. The number of hydrogen-bond donors (Lipinski definition) is 0. The molecule has 2 aliphatic rings. The molecule has 2 aromatic carbocycles. The van der Waals surface area contributed by atoms with Gasteiger partial charge in [0.05, 0.1) is 16.4 Å². The van der Waals surface area contributed by atoms with Gasteiger partial charge in [0.25, 0.3) is 5.91 Å². The number of imide groups is 1. The summed E-state index contributed by atoms with van der Waals surface area (Å²) in [4.78, 5) is 39.7. The largest absolute Gasteiger partial charge is 0.293 e. The van der Waals surface area contributed by atoms with E-state index in [1.165, 1.54) is 11.9 Å². The third-order valence-electron chi connectivity index (χ3n) is 4.99. The number of nitrogens with zero attached hydrogens (tertiary/aromatic N) is 3. The summed E-state index contributed by atoms with van der Waals surface area (Å²) in [7, 11) is 0. The number of benzene rings is 2. The summed E-state index contributed by atoms with van der Waals surface area (Å²) in [6, 6.07) is 10.8. The van der Waals surface area contributed by atoms with Gasteiger partial charge in [0.2, 0.25) is 5.91 Å². The van der Waals surface area contributed by atoms with Crippen molar-refractivity contribution in [1.82, 2.24) is 0 Å². The number of fused-ring (bicyclic) bond motifs is 1. The number of halogens is 2. The van der Waals surface area contributed by atoms with E-state index in [-0.39, 0.29) is 16.5 Å². The predicted octanol–water partition coefficient (Wildman–Crippen LogP) is 3.63. The Balaban J connectivity index is 1.86. The normalized spacial score (nSPS) is 21.2. The molecule has 2 amide bonds. The topological polar surface area (TPSA) is 70.1 Å². The number of hydrogen-bond acceptors (Lipinski definition) is 5. The molecule has 8 heteroatoms. The van der Waals surface area contributed by atoms with E-state index in [1.807, 2.05) is 0 Å². The van der Waals surface area contributed by atoms with Crippen molar-refractivity contribution in [1.29, 1.82) is 0 Å². The Morgan fingerprint density at radius 1 is 0.964 bits per heavy atom. The maximum absolute atomic E-state index is 13.3. The van der Waals surface area contributed by atoms with Crippen LogP contribution in [0.15, 0.2) is 47.6 Å². The van der Waals surface area contributed by atoms with Gasteiger partial charge in [-0.2, -0.15) is 5.10 Å². The van der Waals surface area contributed by atoms with Crippen molar-refractivity contribution in [2.24, 2.45) is 11.0 Å². The monoisotopic (exact) mass is 415 g/mol. The number of para-hydroxylation sites is 1. The standard InChI is InChI=1S/C20H15Cl2N3O3/c1-10-12(21)7-5-9-14(10)25-18-16(17(23-25)11(2)26)19(27)24(20(18)28)15-8-4-3-6-13(15)22/h3-9,16,18H,1-2H3/t16-,18-/m0/s1. The zero-order valence-electron chi connectivity index (χ0n) is 15.0. The molecule has 0 aromatic heterocycles. The molecule has 0 saturated carbocycles. The fraction of sp³-hybridized carbons (Fsp3) is 0.200. The Bertz CT molecular complexity index is 1070. The Kier molecular flexibility index (Phi) is 4.48. The second-order valence-corrected chi connectivity index (χ2v) is 7.47. The second kappa shape index (κ2) is 6.72. The highest BCUT2D eigenvalue weighted by molar-refractivity contribution is 6.49. The number of Topliss-reactive ketones (excluding diaryl/α,β-unsaturated/α-hetero) is 1. The molecule has 1 saturated heterocycles. The molecular formula is C20H15Cl2N3O3. The van der Waals surface area contributed by atoms with E-state index in [1.54, 1.807) is 49.4 Å². The van der Waals surface area contributed by atoms with Gasteiger partial charge >= 0.3 is 0 Å². The first-order valence-corrected chi connectivity index (χ1v) is 9.34. The first-order valence-electron chi connectivity index (χ1n) is 8.59. The average molecular weight is 416 g/mol. The molecule has 2 heterocycles. The molecule has 0 radical (unpaired) electrons. The quantitative estimate of drug-likeness (QED) is 0.717. The molecule has 28 heavy (non-hydrogen) atoms. The van der Waals surface area contributed by atoms with Crippen molar-refractivity contribution in [2.75, 3.05) is 9.91 Å². The van der Waals surface area contributed by atoms with E-state index in [4.69, 9.17) is 23.2 Å². The molecule has 0 aliphatic carbocycles. The lowest BCUT2D eigenvalue weighted by Crippen LogP contribution is -2.39. The first-order chi connectivity index (χ1) is 13.3. The summed E-state index contributed by atoms with van der Waals surface area (Å²) >= 11 is 12.4. The van der Waals surface area contributed by atoms with Gasteiger partial charge in [0.15, 0.2) is 5.78 Å². The molecule has 0 spiro atoms. The summed E-state index contributed by atoms with van der Waals surface area (Å²) < 4.78 is 0. The molecule has 0 unspecified atom stereocenters. The number of amides is 2. The summed E-state index contributed by atoms with van der Waals surface area (Å²) in [5.74, 6) is -2.35. The number of anilines is 2. The van der Waals surface area contributed by atoms with Crippen molar-refractivity contribution >= 4 is 57.9 Å². The number of hydrazone groups is 1. The average Bonchev–Trinajstić information content (AvgIpc) is 3.16. The van der Waals surface area contributed by atoms with Gasteiger partial charge in [-0.05, 0) is 36.8 Å². The van der Waals surface area contributed by atoms with E-state index < -0.39 is 23.8 Å². The second-order valence-electron chi connectivity index (χ2n) is 6.66. The molecule has 0 bridgehead atoms. The maximum atomic E-state index is 13.3. The van der Waals surface area contributed by atoms with Gasteiger partial charge < -0.3 is 0 Å². The van der Waals surface area contributed by atoms with E-state index in [9.17, 15) is 14.4 Å². The van der Waals surface area contributed by atoms with Gasteiger partial charge in [-0.1, -0.05) is 41.4 Å². The van der Waals surface area contributed by atoms with E-state index >= 15 is 0 Å². The Hall–Kier alpha value is -2.70. The fourth-order valence-corrected chi connectivity index (χ4v) is 4.01. The van der Waals surface area contributed by atoms with Gasteiger partial charge in [-0.15, -0.1) is 0 Å². The molecule has 0 N–H and O–H groups in total. The van der Waals surface area contributed by atoms with Crippen LogP contribution in [0.4, 0.5) is 11.4 Å². The Morgan fingerprint density at radius 3 is 2.29 bits per heavy atom. The third kappa shape index (κ3) is 2.64. The zero-order chi connectivity index (χ0) is 20.2. The summed E-state index contributed by atoms with van der Waals surface area (Å²) in [6.07, 6.45) is 0. The van der Waals surface area contributed by atoms with Crippen LogP contribution in [0, 0.1) is 12.8 Å². The number of ketones is 1. The minimum absolute atomic E-state index is 0.0530. The van der Waals surface area contributed by atoms with Crippen LogP contribution in [0.5, 0.6) is 0 Å². The molecule has 2 aliphatic heterocycles. The fourth-order valence-electron chi connectivity index (χ4n) is 3.62. The van der Waals surface area contributed by atoms with Gasteiger partial charge in [-0.3, -0.25) is 19.4 Å². The van der Waals surface area contributed by atoms with Gasteiger partial charge in [0, 0.05) is 11.9 Å². The van der Waals surface area contributed by atoms with E-state index in [0.717, 1.165) is 4.90 Å². The van der Waals surface area contributed by atoms with Gasteiger partial charge in [-0.25, -0.2) is 4.90 Å². The summed E-state index contributed by atoms with van der Waals surface area (Å²) in [5.41, 5.74) is 1.62. The van der Waals surface area contributed by atoms with Crippen LogP contribution in [-0.2, 0) is 14.4 Å². The molecule has 2 atom stereocenters. The lowest BCUT2D eigenvalue weighted by atomic mass is 9.95. The van der Waals surface area contributed by atoms with Crippen molar-refractivity contribution in [3.8, 4) is 0 Å². The van der Waals surface area contributed by atoms with Crippen LogP contribution in [0.25, 0.3) is 0 Å². The minimum Gasteiger partial charge on any atom is -0.293 e. The van der Waals surface area contributed by atoms with Crippen LogP contribution in [-0.4, -0.2) is 29.4 Å². The molecule has 4 rings (SSSR count). The molecule has 142 valence electrons. The van der Waals surface area contributed by atoms with Crippen LogP contribution >= 0.6 is 23.2 Å². The third-order valence-corrected chi connectivity index (χ3v) is 5.72. The number of carbonyl (C=O) groups excluding carboxylic acids is 3. The van der Waals surface area contributed by atoms with Crippen LogP contribution in [0.3, 0.4) is 0 Å². The zero-order valence-corrected chi connectivity index (χ0v) is 16.5. The Morgan fingerprint density at radius 2 is 1.61 bits per heavy atom. The first kappa shape index (κ1) is 18.7. The highest BCUT2D eigenvalue weighted by Gasteiger charge is 2.58. The lowest BCUT2D eigenvalue weighted by molar-refractivity contribution is -0.122. The highest BCUT2D eigenvalue weighted by Crippen LogP contribution is 2.41. The van der Waals surface area contributed by atoms with E-state index in [0.29, 0.717) is 22.0 Å². The Labute approximate surface area is 171 Å². The van der Waals surface area contributed by atoms with Crippen molar-refractivity contribution in [3.63, 3.8) is 0 Å². The molecular weight excluding hydrogens is 401 g/mol. The smallest absolute Gasteiger partial charge is 0.259 e. The van der Waals surface area contributed by atoms with Crippen LogP contribution < -0.4 is 9.91 Å². The van der Waals surface area contributed by atoms with Crippen LogP contribution in [0.1, 0.15) is 12.5 Å². The van der Waals surface area contributed by atoms with Crippen LogP contribution in [0.2, 0.25) is 10.0 Å². The predicted molar refractivity (Wildman–Crippen MR) is 108 cm³/mol. The van der Waals surface area contributed by atoms with E-state index in [2.05, 4.69) is 5.10 Å². The maximum Gasteiger partial charge on any atom is 0.259 e. The van der Waals surface area contributed by atoms with Crippen molar-refractivity contribution < 1.29 is 14.4 Å². The SMILES string of the molecule is CC(=O)C1=NN(c2cccc(Cl)c2C)[C@@H]2C(=O)N(c3ccccc3Cl)C(=O)[C@@H]12. The molecule has 2 aromatic rings. The number of carbonyl (C=O) groups is 3. The number of rotatable bonds is 3. The molecule has 1 fully saturated rings. The summed E-state index contributed by atoms with van der Waals surface area (Å²) in [5, 5.41) is 6.54. The highest BCUT2D eigenvalue weighted by atomic mass is 35.5. The molecule has 6 nitrogen and oxygen atoms in total. The van der Waals surface area contributed by atoms with Gasteiger partial charge in [0.1, 0.15) is 17.7 Å². The van der Waals surface area contributed by atoms with Crippen molar-refractivity contribution in [2.45, 2.75) is 19.9 Å².